The maximum atomic E-state index is 13.9. The maximum Gasteiger partial charge on any atom is 0.315 e. The molecule has 0 aliphatic heterocycles. The molecule has 1 N–H and O–H groups in total. The summed E-state index contributed by atoms with van der Waals surface area (Å²) < 4.78 is 110. The Morgan fingerprint density at radius 1 is 0.800 bits per heavy atom. The zero-order valence-corrected chi connectivity index (χ0v) is 22.2. The van der Waals surface area contributed by atoms with Crippen molar-refractivity contribution in [3.05, 3.63) is 48.4 Å². The van der Waals surface area contributed by atoms with Crippen LogP contribution in [0.3, 0.4) is 0 Å². The minimum Gasteiger partial charge on any atom is -0.426 e. The molecule has 0 spiro atoms. The Labute approximate surface area is 222 Å². The van der Waals surface area contributed by atoms with Gasteiger partial charge in [0, 0.05) is 7.14 Å². The van der Waals surface area contributed by atoms with E-state index < -0.39 is 68.7 Å². The lowest BCUT2D eigenvalue weighted by Crippen LogP contribution is -2.37. The lowest BCUT2D eigenvalue weighted by atomic mass is 9.79. The van der Waals surface area contributed by atoms with E-state index in [-0.39, 0.29) is 30.6 Å². The maximum absolute atomic E-state index is 13.9. The molecule has 2 aromatic rings. The molecule has 2 atom stereocenters. The first-order valence-electron chi connectivity index (χ1n) is 9.65. The molecule has 0 aromatic heterocycles. The molecule has 35 heavy (non-hydrogen) atoms. The van der Waals surface area contributed by atoms with Crippen molar-refractivity contribution in [3.8, 4) is 11.5 Å². The predicted molar refractivity (Wildman–Crippen MR) is 125 cm³/mol. The number of ether oxygens (including phenoxy) is 2. The van der Waals surface area contributed by atoms with E-state index in [0.29, 0.717) is 12.8 Å². The topological polar surface area (TPSA) is 107 Å². The molecule has 190 valence electrons. The van der Waals surface area contributed by atoms with E-state index in [1.807, 2.05) is 0 Å². The Kier molecular flexibility index (Phi) is 8.63. The zero-order chi connectivity index (χ0) is 26.2. The summed E-state index contributed by atoms with van der Waals surface area (Å²) in [4.78, 5) is 25.0. The van der Waals surface area contributed by atoms with Gasteiger partial charge in [0.2, 0.25) is 34.8 Å². The Bertz CT molecular complexity index is 1270. The van der Waals surface area contributed by atoms with Crippen LogP contribution in [-0.4, -0.2) is 24.9 Å². The molecule has 0 bridgehead atoms. The van der Waals surface area contributed by atoms with Gasteiger partial charge in [-0.2, -0.15) is 17.2 Å². The van der Waals surface area contributed by atoms with Crippen molar-refractivity contribution >= 4 is 67.2 Å². The molecule has 0 amide bonds. The summed E-state index contributed by atoms with van der Waals surface area (Å²) in [6.45, 7) is 0. The number of hydrogen-bond acceptors (Lipinski definition) is 6. The van der Waals surface area contributed by atoms with Crippen molar-refractivity contribution in [2.75, 3.05) is 0 Å². The number of esters is 2. The predicted octanol–water partition coefficient (Wildman–Crippen LogP) is 5.16. The minimum absolute atomic E-state index is 0.0186. The highest BCUT2D eigenvalue weighted by atomic mass is 127. The van der Waals surface area contributed by atoms with E-state index >= 15 is 0 Å². The summed E-state index contributed by atoms with van der Waals surface area (Å²) in [5, 5.41) is 0. The van der Waals surface area contributed by atoms with Gasteiger partial charge in [0.25, 0.3) is 10.1 Å². The van der Waals surface area contributed by atoms with Gasteiger partial charge in [-0.15, -0.1) is 0 Å². The van der Waals surface area contributed by atoms with E-state index in [2.05, 4.69) is 4.74 Å². The fraction of sp³-hybridized carbons (Fsp3) is 0.300. The van der Waals surface area contributed by atoms with E-state index in [4.69, 9.17) is 4.74 Å². The number of benzene rings is 2. The van der Waals surface area contributed by atoms with Crippen LogP contribution in [0, 0.1) is 48.1 Å². The minimum atomic E-state index is -4.55. The highest BCUT2D eigenvalue weighted by Gasteiger charge is 2.40. The van der Waals surface area contributed by atoms with Crippen molar-refractivity contribution in [2.45, 2.75) is 30.6 Å². The molecule has 2 aromatic carbocycles. The first-order valence-corrected chi connectivity index (χ1v) is 13.2. The second-order valence-corrected chi connectivity index (χ2v) is 11.1. The average molecular weight is 746 g/mol. The van der Waals surface area contributed by atoms with Gasteiger partial charge in [0.1, 0.15) is 10.6 Å². The highest BCUT2D eigenvalue weighted by Crippen LogP contribution is 2.36. The molecular formula is C20H13F5I2O7S. The van der Waals surface area contributed by atoms with Gasteiger partial charge in [-0.25, -0.2) is 13.2 Å². The molecule has 15 heteroatoms. The van der Waals surface area contributed by atoms with Gasteiger partial charge in [-0.3, -0.25) is 14.1 Å². The largest absolute Gasteiger partial charge is 0.426 e. The standard InChI is InChI=1S/C20H13F5I2O7S/c21-12-13(22)15(24)17(16(25)14(12)23)34-20(29)9-4-2-1-3-8(9)19(28)33-7-5-10(26)18(11(27)6-7)35(30,31)32/h5-6,8-9H,1-4H2,(H,30,31,32). The van der Waals surface area contributed by atoms with Crippen LogP contribution in [0.15, 0.2) is 17.0 Å². The van der Waals surface area contributed by atoms with Crippen molar-refractivity contribution in [1.29, 1.82) is 0 Å². The van der Waals surface area contributed by atoms with Crippen molar-refractivity contribution < 1.29 is 54.0 Å². The lowest BCUT2D eigenvalue weighted by molar-refractivity contribution is -0.152. The monoisotopic (exact) mass is 746 g/mol. The average Bonchev–Trinajstić information content (AvgIpc) is 2.77. The number of carbonyl (C=O) groups excluding carboxylic acids is 2. The molecule has 1 aliphatic carbocycles. The van der Waals surface area contributed by atoms with E-state index in [9.17, 15) is 44.5 Å². The SMILES string of the molecule is O=C(Oc1cc(I)c(S(=O)(=O)O)c(I)c1)C1CCCCC1C(=O)Oc1c(F)c(F)c(F)c(F)c1F. The fourth-order valence-corrected chi connectivity index (χ4v) is 7.57. The van der Waals surface area contributed by atoms with Crippen LogP contribution in [0.4, 0.5) is 22.0 Å². The normalized spacial score (nSPS) is 18.3. The lowest BCUT2D eigenvalue weighted by Gasteiger charge is -2.28. The molecule has 0 heterocycles. The molecule has 1 fully saturated rings. The summed E-state index contributed by atoms with van der Waals surface area (Å²) in [5.74, 6) is -18.3. The van der Waals surface area contributed by atoms with Gasteiger partial charge in [-0.1, -0.05) is 12.8 Å². The fourth-order valence-electron chi connectivity index (χ4n) is 3.58. The molecule has 1 saturated carbocycles. The first-order chi connectivity index (χ1) is 16.2. The Morgan fingerprint density at radius 3 is 1.63 bits per heavy atom. The van der Waals surface area contributed by atoms with Crippen LogP contribution in [0.25, 0.3) is 0 Å². The van der Waals surface area contributed by atoms with Gasteiger partial charge < -0.3 is 9.47 Å². The summed E-state index contributed by atoms with van der Waals surface area (Å²) in [7, 11) is -4.55. The number of rotatable bonds is 5. The smallest absolute Gasteiger partial charge is 0.315 e. The molecule has 1 aliphatic rings. The molecule has 3 rings (SSSR count). The highest BCUT2D eigenvalue weighted by molar-refractivity contribution is 14.1. The van der Waals surface area contributed by atoms with Crippen LogP contribution >= 0.6 is 45.2 Å². The van der Waals surface area contributed by atoms with Gasteiger partial charge >= 0.3 is 11.9 Å². The third kappa shape index (κ3) is 5.87. The van der Waals surface area contributed by atoms with E-state index in [1.54, 1.807) is 45.2 Å². The van der Waals surface area contributed by atoms with Crippen LogP contribution in [0.2, 0.25) is 0 Å². The summed E-state index contributed by atoms with van der Waals surface area (Å²) in [5.41, 5.74) is 0. The molecule has 0 radical (unpaired) electrons. The second kappa shape index (κ2) is 10.8. The van der Waals surface area contributed by atoms with Crippen LogP contribution in [-0.2, 0) is 19.7 Å². The van der Waals surface area contributed by atoms with Crippen LogP contribution in [0.1, 0.15) is 25.7 Å². The van der Waals surface area contributed by atoms with Crippen molar-refractivity contribution in [2.24, 2.45) is 11.8 Å². The van der Waals surface area contributed by atoms with Crippen molar-refractivity contribution in [3.63, 3.8) is 0 Å². The second-order valence-electron chi connectivity index (χ2n) is 7.43. The van der Waals surface area contributed by atoms with Crippen molar-refractivity contribution in [1.82, 2.24) is 0 Å². The quantitative estimate of drug-likeness (QED) is 0.0859. The van der Waals surface area contributed by atoms with E-state index in [0.717, 1.165) is 12.1 Å². The number of hydrogen-bond donors (Lipinski definition) is 1. The molecule has 2 unspecified atom stereocenters. The summed E-state index contributed by atoms with van der Waals surface area (Å²) in [6, 6.07) is 2.32. The number of carbonyl (C=O) groups is 2. The van der Waals surface area contributed by atoms with Gasteiger partial charge in [0.05, 0.1) is 11.8 Å². The number of halogens is 7. The van der Waals surface area contributed by atoms with Gasteiger partial charge in [-0.05, 0) is 70.2 Å². The third-order valence-electron chi connectivity index (χ3n) is 5.19. The Balaban J connectivity index is 1.84. The molecule has 7 nitrogen and oxygen atoms in total. The van der Waals surface area contributed by atoms with Crippen LogP contribution in [0.5, 0.6) is 11.5 Å². The first kappa shape index (κ1) is 28.0. The summed E-state index contributed by atoms with van der Waals surface area (Å²) in [6.07, 6.45) is 1.01. The van der Waals surface area contributed by atoms with E-state index in [1.165, 1.54) is 0 Å². The van der Waals surface area contributed by atoms with Gasteiger partial charge in [0.15, 0.2) is 0 Å². The Morgan fingerprint density at radius 2 is 1.20 bits per heavy atom. The third-order valence-corrected chi connectivity index (χ3v) is 8.58. The zero-order valence-electron chi connectivity index (χ0n) is 17.1. The Hall–Kier alpha value is -1.60. The molecular weight excluding hydrogens is 733 g/mol. The molecule has 0 saturated heterocycles. The summed E-state index contributed by atoms with van der Waals surface area (Å²) >= 11 is 3.22. The van der Waals surface area contributed by atoms with Crippen LogP contribution < -0.4 is 9.47 Å².